The van der Waals surface area contributed by atoms with E-state index in [0.717, 1.165) is 5.56 Å². The lowest BCUT2D eigenvalue weighted by molar-refractivity contribution is 0.619. The summed E-state index contributed by atoms with van der Waals surface area (Å²) in [5, 5.41) is 0. The first-order chi connectivity index (χ1) is 9.56. The lowest BCUT2D eigenvalue weighted by atomic mass is 10.2. The molecule has 3 aromatic rings. The molecule has 0 bridgehead atoms. The molecule has 0 radical (unpaired) electrons. The maximum atomic E-state index is 13.2. The third-order valence-electron chi connectivity index (χ3n) is 2.90. The molecule has 0 atom stereocenters. The number of benzene rings is 1. The van der Waals surface area contributed by atoms with Gasteiger partial charge in [0, 0.05) is 0 Å². The van der Waals surface area contributed by atoms with Gasteiger partial charge in [-0.2, -0.15) is 4.98 Å². The summed E-state index contributed by atoms with van der Waals surface area (Å²) in [4.78, 5) is 22.9. The number of halogens is 3. The highest BCUT2D eigenvalue weighted by molar-refractivity contribution is 9.10. The molecule has 1 aromatic carbocycles. The summed E-state index contributed by atoms with van der Waals surface area (Å²) >= 11 is 3.10. The van der Waals surface area contributed by atoms with Gasteiger partial charge >= 0.3 is 0 Å². The molecule has 3 rings (SSSR count). The Morgan fingerprint density at radius 2 is 2.19 bits per heavy atom. The molecule has 110 valence electrons. The van der Waals surface area contributed by atoms with Crippen molar-refractivity contribution in [2.75, 3.05) is 5.73 Å². The van der Waals surface area contributed by atoms with Crippen LogP contribution in [0.3, 0.4) is 0 Å². The van der Waals surface area contributed by atoms with Crippen molar-refractivity contribution in [2.45, 2.75) is 6.54 Å². The largest absolute Gasteiger partial charge is 0.369 e. The number of aromatic amines is 1. The van der Waals surface area contributed by atoms with Crippen molar-refractivity contribution in [3.05, 3.63) is 50.7 Å². The van der Waals surface area contributed by atoms with Crippen molar-refractivity contribution in [3.8, 4) is 0 Å². The van der Waals surface area contributed by atoms with Crippen LogP contribution in [0.1, 0.15) is 5.56 Å². The van der Waals surface area contributed by atoms with E-state index < -0.39 is 0 Å². The minimum absolute atomic E-state index is 0. The van der Waals surface area contributed by atoms with Crippen LogP contribution in [0, 0.1) is 5.82 Å². The van der Waals surface area contributed by atoms with Gasteiger partial charge < -0.3 is 10.7 Å². The van der Waals surface area contributed by atoms with Crippen LogP contribution in [-0.4, -0.2) is 19.5 Å². The number of nitrogens with one attached hydrogen (secondary N) is 1. The summed E-state index contributed by atoms with van der Waals surface area (Å²) in [7, 11) is 0. The molecule has 9 heteroatoms. The van der Waals surface area contributed by atoms with E-state index in [9.17, 15) is 9.18 Å². The molecule has 0 spiro atoms. The van der Waals surface area contributed by atoms with E-state index in [2.05, 4.69) is 30.9 Å². The fourth-order valence-corrected chi connectivity index (χ4v) is 2.34. The Kier molecular flexibility index (Phi) is 4.29. The van der Waals surface area contributed by atoms with E-state index in [1.807, 2.05) is 0 Å². The van der Waals surface area contributed by atoms with Gasteiger partial charge in [-0.3, -0.25) is 9.36 Å². The molecule has 6 nitrogen and oxygen atoms in total. The van der Waals surface area contributed by atoms with Crippen LogP contribution in [0.2, 0.25) is 0 Å². The van der Waals surface area contributed by atoms with E-state index in [-0.39, 0.29) is 41.9 Å². The zero-order valence-electron chi connectivity index (χ0n) is 10.5. The predicted octanol–water partition coefficient (Wildman–Crippen LogP) is 2.07. The van der Waals surface area contributed by atoms with E-state index in [4.69, 9.17) is 5.73 Å². The topological polar surface area (TPSA) is 89.6 Å². The van der Waals surface area contributed by atoms with Crippen LogP contribution in [0.25, 0.3) is 11.2 Å². The number of rotatable bonds is 2. The van der Waals surface area contributed by atoms with E-state index in [1.165, 1.54) is 17.0 Å². The Morgan fingerprint density at radius 1 is 1.43 bits per heavy atom. The number of nitrogens with two attached hydrogens (primary N) is 1. The maximum Gasteiger partial charge on any atom is 0.281 e. The minimum atomic E-state index is -0.365. The van der Waals surface area contributed by atoms with E-state index in [1.54, 1.807) is 12.1 Å². The fourth-order valence-electron chi connectivity index (χ4n) is 1.91. The normalized spacial score (nSPS) is 10.6. The molecule has 0 saturated heterocycles. The van der Waals surface area contributed by atoms with Crippen molar-refractivity contribution < 1.29 is 4.39 Å². The molecular formula is C12H10BrClFN5O. The minimum Gasteiger partial charge on any atom is -0.369 e. The van der Waals surface area contributed by atoms with Gasteiger partial charge in [-0.15, -0.1) is 12.4 Å². The molecule has 0 unspecified atom stereocenters. The summed E-state index contributed by atoms with van der Waals surface area (Å²) in [6.45, 7) is 0.200. The van der Waals surface area contributed by atoms with E-state index in [0.29, 0.717) is 9.99 Å². The van der Waals surface area contributed by atoms with Crippen molar-refractivity contribution in [3.63, 3.8) is 0 Å². The molecule has 0 aliphatic carbocycles. The van der Waals surface area contributed by atoms with Crippen LogP contribution < -0.4 is 11.3 Å². The molecule has 0 saturated carbocycles. The number of imidazole rings is 1. The Balaban J connectivity index is 0.00000161. The number of fused-ring (bicyclic) bond motifs is 1. The molecule has 0 fully saturated rings. The van der Waals surface area contributed by atoms with Crippen molar-refractivity contribution in [2.24, 2.45) is 0 Å². The standard InChI is InChI=1S/C12H9BrFN5O.ClH/c13-7-3-6(1-2-8(7)14)4-19-11(20)9-10(17-5-16-9)18-12(19)15;/h1-3,5H,4H2,(H2,15,18)(H,16,17);1H. The molecule has 2 aromatic heterocycles. The summed E-state index contributed by atoms with van der Waals surface area (Å²) in [6.07, 6.45) is 1.39. The number of anilines is 1. The summed E-state index contributed by atoms with van der Waals surface area (Å²) in [5.74, 6) is -0.300. The number of H-pyrrole nitrogens is 1. The second kappa shape index (κ2) is 5.82. The van der Waals surface area contributed by atoms with Crippen molar-refractivity contribution in [1.29, 1.82) is 0 Å². The second-order valence-corrected chi connectivity index (χ2v) is 5.07. The summed E-state index contributed by atoms with van der Waals surface area (Å²) < 4.78 is 14.8. The average Bonchev–Trinajstić information content (AvgIpc) is 2.87. The van der Waals surface area contributed by atoms with Crippen molar-refractivity contribution in [1.82, 2.24) is 19.5 Å². The number of hydrogen-bond acceptors (Lipinski definition) is 4. The highest BCUT2D eigenvalue weighted by Gasteiger charge is 2.11. The molecule has 3 N–H and O–H groups in total. The number of aromatic nitrogens is 4. The molecule has 0 amide bonds. The zero-order valence-corrected chi connectivity index (χ0v) is 12.9. The van der Waals surface area contributed by atoms with E-state index >= 15 is 0 Å². The Morgan fingerprint density at radius 3 is 2.90 bits per heavy atom. The van der Waals surface area contributed by atoms with Gasteiger partial charge in [0.05, 0.1) is 17.3 Å². The van der Waals surface area contributed by atoms with Crippen LogP contribution in [0.15, 0.2) is 33.8 Å². The number of nitrogens with zero attached hydrogens (tertiary/aromatic N) is 3. The fraction of sp³-hybridized carbons (Fsp3) is 0.0833. The second-order valence-electron chi connectivity index (χ2n) is 4.21. The van der Waals surface area contributed by atoms with Crippen LogP contribution in [0.5, 0.6) is 0 Å². The molecule has 2 heterocycles. The third-order valence-corrected chi connectivity index (χ3v) is 3.51. The quantitative estimate of drug-likeness (QED) is 0.718. The lowest BCUT2D eigenvalue weighted by Crippen LogP contribution is -2.25. The highest BCUT2D eigenvalue weighted by Crippen LogP contribution is 2.18. The Bertz CT molecular complexity index is 862. The van der Waals surface area contributed by atoms with Gasteiger partial charge in [-0.25, -0.2) is 9.37 Å². The van der Waals surface area contributed by atoms with Gasteiger partial charge in [-0.1, -0.05) is 6.07 Å². The third kappa shape index (κ3) is 2.77. The van der Waals surface area contributed by atoms with Gasteiger partial charge in [0.25, 0.3) is 5.56 Å². The molecule has 21 heavy (non-hydrogen) atoms. The summed E-state index contributed by atoms with van der Waals surface area (Å²) in [6, 6.07) is 4.50. The SMILES string of the molecule is Cl.Nc1nc2nc[nH]c2c(=O)n1Cc1ccc(F)c(Br)c1. The summed E-state index contributed by atoms with van der Waals surface area (Å²) in [5.41, 5.74) is 6.76. The van der Waals surface area contributed by atoms with Gasteiger partial charge in [0.15, 0.2) is 11.2 Å². The smallest absolute Gasteiger partial charge is 0.281 e. The maximum absolute atomic E-state index is 13.2. The Hall–Kier alpha value is -1.93. The van der Waals surface area contributed by atoms with Gasteiger partial charge in [0.2, 0.25) is 5.95 Å². The highest BCUT2D eigenvalue weighted by atomic mass is 79.9. The van der Waals surface area contributed by atoms with Crippen LogP contribution >= 0.6 is 28.3 Å². The van der Waals surface area contributed by atoms with Crippen molar-refractivity contribution >= 4 is 45.4 Å². The molecule has 0 aliphatic rings. The first-order valence-electron chi connectivity index (χ1n) is 5.69. The predicted molar refractivity (Wildman–Crippen MR) is 83.0 cm³/mol. The van der Waals surface area contributed by atoms with Gasteiger partial charge in [0.1, 0.15) is 5.82 Å². The zero-order chi connectivity index (χ0) is 14.3. The monoisotopic (exact) mass is 373 g/mol. The first kappa shape index (κ1) is 15.5. The van der Waals surface area contributed by atoms with Crippen LogP contribution in [-0.2, 0) is 6.54 Å². The molecular weight excluding hydrogens is 365 g/mol. The molecule has 0 aliphatic heterocycles. The number of hydrogen-bond donors (Lipinski definition) is 2. The number of nitrogen functional groups attached to an aromatic ring is 1. The Labute approximate surface area is 132 Å². The van der Waals surface area contributed by atoms with Gasteiger partial charge in [-0.05, 0) is 33.6 Å². The first-order valence-corrected chi connectivity index (χ1v) is 6.49. The lowest BCUT2D eigenvalue weighted by Gasteiger charge is -2.09. The van der Waals surface area contributed by atoms with Crippen LogP contribution in [0.4, 0.5) is 10.3 Å². The average molecular weight is 375 g/mol.